The maximum atomic E-state index is 12.0. The van der Waals surface area contributed by atoms with Gasteiger partial charge in [-0.3, -0.25) is 0 Å². The number of nitrogens with zero attached hydrogens (tertiary/aromatic N) is 2. The number of para-hydroxylation sites is 1. The van der Waals surface area contributed by atoms with Crippen LogP contribution in [-0.4, -0.2) is 37.8 Å². The average molecular weight is 340 g/mol. The number of amides is 2. The Morgan fingerprint density at radius 3 is 2.92 bits per heavy atom. The monoisotopic (exact) mass is 340 g/mol. The molecule has 6 heteroatoms. The molecular weight excluding hydrogens is 316 g/mol. The molecule has 2 N–H and O–H groups in total. The molecule has 2 heterocycles. The van der Waals surface area contributed by atoms with E-state index in [-0.39, 0.29) is 6.03 Å². The Balaban J connectivity index is 1.39. The molecule has 6 nitrogen and oxygen atoms in total. The maximum absolute atomic E-state index is 12.0. The lowest BCUT2D eigenvalue weighted by Gasteiger charge is -2.18. The highest BCUT2D eigenvalue weighted by molar-refractivity contribution is 5.73. The first-order valence-corrected chi connectivity index (χ1v) is 8.55. The van der Waals surface area contributed by atoms with E-state index >= 15 is 0 Å². The molecule has 0 aliphatic carbocycles. The molecule has 1 aliphatic heterocycles. The van der Waals surface area contributed by atoms with Gasteiger partial charge in [0.15, 0.2) is 0 Å². The molecule has 1 aliphatic rings. The van der Waals surface area contributed by atoms with Crippen LogP contribution in [0.25, 0.3) is 0 Å². The number of hydrogen-bond acceptors (Lipinski definition) is 4. The van der Waals surface area contributed by atoms with Crippen LogP contribution in [0, 0.1) is 5.92 Å². The number of pyridine rings is 1. The minimum absolute atomic E-state index is 0.144. The summed E-state index contributed by atoms with van der Waals surface area (Å²) < 4.78 is 5.08. The van der Waals surface area contributed by atoms with Crippen LogP contribution in [0.4, 0.5) is 10.5 Å². The van der Waals surface area contributed by atoms with Crippen molar-refractivity contribution >= 4 is 11.7 Å². The fourth-order valence-corrected chi connectivity index (χ4v) is 3.03. The summed E-state index contributed by atoms with van der Waals surface area (Å²) in [4.78, 5) is 18.4. The van der Waals surface area contributed by atoms with Gasteiger partial charge in [0.2, 0.25) is 5.88 Å². The summed E-state index contributed by atoms with van der Waals surface area (Å²) in [6, 6.07) is 13.9. The molecule has 1 fully saturated rings. The van der Waals surface area contributed by atoms with Gasteiger partial charge in [-0.05, 0) is 36.1 Å². The molecule has 3 rings (SSSR count). The van der Waals surface area contributed by atoms with E-state index in [9.17, 15) is 4.79 Å². The van der Waals surface area contributed by atoms with Gasteiger partial charge >= 0.3 is 6.03 Å². The standard InChI is InChI=1S/C19H24N4O2/c1-25-18-11-15(7-9-20-18)12-21-19(24)22-13-16-8-10-23(14-16)17-5-3-2-4-6-17/h2-7,9,11,16H,8,10,12-14H2,1H3,(H2,21,22,24). The summed E-state index contributed by atoms with van der Waals surface area (Å²) in [6.45, 7) is 3.15. The smallest absolute Gasteiger partial charge is 0.315 e. The van der Waals surface area contributed by atoms with Crippen LogP contribution >= 0.6 is 0 Å². The Kier molecular flexibility index (Phi) is 5.72. The highest BCUT2D eigenvalue weighted by Gasteiger charge is 2.22. The average Bonchev–Trinajstić information content (AvgIpc) is 3.15. The number of methoxy groups -OCH3 is 1. The Morgan fingerprint density at radius 2 is 2.12 bits per heavy atom. The summed E-state index contributed by atoms with van der Waals surface area (Å²) >= 11 is 0. The lowest BCUT2D eigenvalue weighted by molar-refractivity contribution is 0.239. The minimum atomic E-state index is -0.144. The first-order chi connectivity index (χ1) is 12.2. The molecule has 1 unspecified atom stereocenters. The topological polar surface area (TPSA) is 66.5 Å². The number of urea groups is 1. The summed E-state index contributed by atoms with van der Waals surface area (Å²) in [5, 5.41) is 5.84. The van der Waals surface area contributed by atoms with E-state index in [4.69, 9.17) is 4.74 Å². The second kappa shape index (κ2) is 8.37. The van der Waals surface area contributed by atoms with Crippen LogP contribution in [0.15, 0.2) is 48.7 Å². The summed E-state index contributed by atoms with van der Waals surface area (Å²) in [7, 11) is 1.58. The Labute approximate surface area is 148 Å². The Hall–Kier alpha value is -2.76. The van der Waals surface area contributed by atoms with Gasteiger partial charge < -0.3 is 20.3 Å². The zero-order valence-electron chi connectivity index (χ0n) is 14.4. The number of nitrogens with one attached hydrogen (secondary N) is 2. The van der Waals surface area contributed by atoms with Crippen molar-refractivity contribution in [3.63, 3.8) is 0 Å². The van der Waals surface area contributed by atoms with E-state index in [1.807, 2.05) is 18.2 Å². The quantitative estimate of drug-likeness (QED) is 0.847. The number of hydrogen-bond donors (Lipinski definition) is 2. The third kappa shape index (κ3) is 4.86. The summed E-state index contributed by atoms with van der Waals surface area (Å²) in [5.74, 6) is 1.03. The molecule has 0 spiro atoms. The predicted molar refractivity (Wildman–Crippen MR) is 97.8 cm³/mol. The lowest BCUT2D eigenvalue weighted by atomic mass is 10.1. The third-order valence-corrected chi connectivity index (χ3v) is 4.42. The molecule has 132 valence electrons. The summed E-state index contributed by atoms with van der Waals surface area (Å²) in [6.07, 6.45) is 2.77. The fraction of sp³-hybridized carbons (Fsp3) is 0.368. The highest BCUT2D eigenvalue weighted by Crippen LogP contribution is 2.22. The maximum Gasteiger partial charge on any atom is 0.315 e. The third-order valence-electron chi connectivity index (χ3n) is 4.42. The van der Waals surface area contributed by atoms with Crippen molar-refractivity contribution in [3.8, 4) is 5.88 Å². The van der Waals surface area contributed by atoms with Crippen LogP contribution in [0.3, 0.4) is 0 Å². The van der Waals surface area contributed by atoms with Crippen molar-refractivity contribution in [3.05, 3.63) is 54.2 Å². The van der Waals surface area contributed by atoms with E-state index in [0.717, 1.165) is 25.1 Å². The van der Waals surface area contributed by atoms with Gasteiger partial charge in [0, 0.05) is 44.1 Å². The second-order valence-corrected chi connectivity index (χ2v) is 6.21. The number of carbonyl (C=O) groups is 1. The van der Waals surface area contributed by atoms with Crippen molar-refractivity contribution in [2.45, 2.75) is 13.0 Å². The number of carbonyl (C=O) groups excluding carboxylic acids is 1. The molecule has 2 aromatic rings. The molecule has 1 saturated heterocycles. The van der Waals surface area contributed by atoms with E-state index in [1.165, 1.54) is 5.69 Å². The van der Waals surface area contributed by atoms with Crippen molar-refractivity contribution in [1.82, 2.24) is 15.6 Å². The van der Waals surface area contributed by atoms with Crippen LogP contribution in [0.1, 0.15) is 12.0 Å². The van der Waals surface area contributed by atoms with Gasteiger partial charge in [-0.25, -0.2) is 9.78 Å². The van der Waals surface area contributed by atoms with Gasteiger partial charge in [-0.1, -0.05) is 18.2 Å². The predicted octanol–water partition coefficient (Wildman–Crippen LogP) is 2.42. The number of benzene rings is 1. The largest absolute Gasteiger partial charge is 0.481 e. The Bertz CT molecular complexity index is 693. The normalized spacial score (nSPS) is 16.5. The number of aromatic nitrogens is 1. The lowest BCUT2D eigenvalue weighted by Crippen LogP contribution is -2.38. The minimum Gasteiger partial charge on any atom is -0.481 e. The molecule has 1 atom stereocenters. The molecular formula is C19H24N4O2. The molecule has 25 heavy (non-hydrogen) atoms. The van der Waals surface area contributed by atoms with Crippen molar-refractivity contribution in [1.29, 1.82) is 0 Å². The van der Waals surface area contributed by atoms with Crippen LogP contribution in [0.2, 0.25) is 0 Å². The van der Waals surface area contributed by atoms with Crippen molar-refractivity contribution < 1.29 is 9.53 Å². The zero-order valence-corrected chi connectivity index (χ0v) is 14.4. The number of anilines is 1. The number of rotatable bonds is 6. The van der Waals surface area contributed by atoms with Crippen LogP contribution in [0.5, 0.6) is 5.88 Å². The van der Waals surface area contributed by atoms with Gasteiger partial charge in [0.25, 0.3) is 0 Å². The molecule has 1 aromatic carbocycles. The van der Waals surface area contributed by atoms with Gasteiger partial charge in [-0.2, -0.15) is 0 Å². The molecule has 1 aromatic heterocycles. The fourth-order valence-electron chi connectivity index (χ4n) is 3.03. The van der Waals surface area contributed by atoms with Gasteiger partial charge in [0.05, 0.1) is 7.11 Å². The van der Waals surface area contributed by atoms with Gasteiger partial charge in [0.1, 0.15) is 0 Å². The van der Waals surface area contributed by atoms with E-state index < -0.39 is 0 Å². The van der Waals surface area contributed by atoms with E-state index in [1.54, 1.807) is 13.3 Å². The van der Waals surface area contributed by atoms with E-state index in [2.05, 4.69) is 44.8 Å². The Morgan fingerprint density at radius 1 is 1.28 bits per heavy atom. The van der Waals surface area contributed by atoms with Gasteiger partial charge in [-0.15, -0.1) is 0 Å². The highest BCUT2D eigenvalue weighted by atomic mass is 16.5. The summed E-state index contributed by atoms with van der Waals surface area (Å²) in [5.41, 5.74) is 2.21. The molecule has 0 radical (unpaired) electrons. The first-order valence-electron chi connectivity index (χ1n) is 8.55. The van der Waals surface area contributed by atoms with Crippen molar-refractivity contribution in [2.24, 2.45) is 5.92 Å². The molecule has 0 bridgehead atoms. The van der Waals surface area contributed by atoms with E-state index in [0.29, 0.717) is 24.9 Å². The van der Waals surface area contributed by atoms with Crippen molar-refractivity contribution in [2.75, 3.05) is 31.6 Å². The second-order valence-electron chi connectivity index (χ2n) is 6.21. The first kappa shape index (κ1) is 17.1. The van der Waals surface area contributed by atoms with Crippen LogP contribution < -0.4 is 20.3 Å². The SMILES string of the molecule is COc1cc(CNC(=O)NCC2CCN(c3ccccc3)C2)ccn1. The molecule has 0 saturated carbocycles. The zero-order chi connectivity index (χ0) is 17.5. The van der Waals surface area contributed by atoms with Crippen LogP contribution in [-0.2, 0) is 6.54 Å². The molecule has 2 amide bonds. The number of ether oxygens (including phenoxy) is 1.